The van der Waals surface area contributed by atoms with Crippen molar-refractivity contribution in [3.05, 3.63) is 0 Å². The molecule has 0 rings (SSSR count). The molecule has 0 aliphatic rings. The van der Waals surface area contributed by atoms with Gasteiger partial charge in [-0.25, -0.2) is 4.99 Å². The molecule has 0 aliphatic heterocycles. The summed E-state index contributed by atoms with van der Waals surface area (Å²) in [6, 6.07) is 0.0832. The van der Waals surface area contributed by atoms with Crippen LogP contribution in [0, 0.1) is 12.3 Å². The number of aliphatic imine (C=N–C) groups is 1. The Morgan fingerprint density at radius 1 is 1.62 bits per heavy atom. The summed E-state index contributed by atoms with van der Waals surface area (Å²) in [5.41, 5.74) is 5.61. The highest BCUT2D eigenvalue weighted by Crippen LogP contribution is 1.99. The van der Waals surface area contributed by atoms with Gasteiger partial charge in [-0.2, -0.15) is 0 Å². The molecule has 0 radical (unpaired) electrons. The van der Waals surface area contributed by atoms with E-state index in [1.165, 1.54) is 0 Å². The van der Waals surface area contributed by atoms with Crippen LogP contribution < -0.4 is 11.1 Å². The molecule has 3 heteroatoms. The standard InChI is InChI=1S/C10H19N3/c1-6-7-8(2)12-9(11)13-10(3,4)5/h1,8H,7H2,2-5H3,(H3,11,12,13). The minimum atomic E-state index is -0.0521. The van der Waals surface area contributed by atoms with E-state index in [9.17, 15) is 0 Å². The lowest BCUT2D eigenvalue weighted by atomic mass is 10.1. The van der Waals surface area contributed by atoms with Gasteiger partial charge in [-0.1, -0.05) is 0 Å². The molecule has 13 heavy (non-hydrogen) atoms. The molecule has 0 aromatic heterocycles. The molecule has 0 aliphatic carbocycles. The summed E-state index contributed by atoms with van der Waals surface area (Å²) < 4.78 is 0. The van der Waals surface area contributed by atoms with Crippen molar-refractivity contribution in [2.45, 2.75) is 45.7 Å². The van der Waals surface area contributed by atoms with Gasteiger partial charge in [0, 0.05) is 12.0 Å². The van der Waals surface area contributed by atoms with Crippen LogP contribution in [0.5, 0.6) is 0 Å². The van der Waals surface area contributed by atoms with Gasteiger partial charge in [0.1, 0.15) is 0 Å². The minimum Gasteiger partial charge on any atom is -0.370 e. The van der Waals surface area contributed by atoms with Gasteiger partial charge >= 0.3 is 0 Å². The fraction of sp³-hybridized carbons (Fsp3) is 0.700. The van der Waals surface area contributed by atoms with E-state index in [0.29, 0.717) is 12.4 Å². The molecule has 0 heterocycles. The van der Waals surface area contributed by atoms with Crippen molar-refractivity contribution in [2.24, 2.45) is 10.7 Å². The second kappa shape index (κ2) is 4.76. The maximum atomic E-state index is 5.66. The SMILES string of the molecule is C#CCC(C)N=C(N)NC(C)(C)C. The summed E-state index contributed by atoms with van der Waals surface area (Å²) in [4.78, 5) is 4.19. The Labute approximate surface area is 80.8 Å². The predicted molar refractivity (Wildman–Crippen MR) is 57.4 cm³/mol. The summed E-state index contributed by atoms with van der Waals surface area (Å²) >= 11 is 0. The maximum Gasteiger partial charge on any atom is 0.189 e. The monoisotopic (exact) mass is 181 g/mol. The lowest BCUT2D eigenvalue weighted by Crippen LogP contribution is -2.45. The summed E-state index contributed by atoms with van der Waals surface area (Å²) in [7, 11) is 0. The van der Waals surface area contributed by atoms with Crippen LogP contribution in [0.2, 0.25) is 0 Å². The molecule has 0 aromatic carbocycles. The molecule has 0 aromatic rings. The van der Waals surface area contributed by atoms with E-state index in [1.54, 1.807) is 0 Å². The highest BCUT2D eigenvalue weighted by Gasteiger charge is 2.10. The maximum absolute atomic E-state index is 5.66. The topological polar surface area (TPSA) is 50.4 Å². The summed E-state index contributed by atoms with van der Waals surface area (Å²) in [5, 5.41) is 3.07. The Morgan fingerprint density at radius 3 is 2.54 bits per heavy atom. The smallest absolute Gasteiger partial charge is 0.189 e. The van der Waals surface area contributed by atoms with Crippen LogP contribution in [-0.4, -0.2) is 17.5 Å². The number of nitrogens with two attached hydrogens (primary N) is 1. The summed E-state index contributed by atoms with van der Waals surface area (Å²) in [6.07, 6.45) is 5.77. The minimum absolute atomic E-state index is 0.0521. The normalized spacial score (nSPS) is 14.8. The van der Waals surface area contributed by atoms with Crippen LogP contribution in [0.25, 0.3) is 0 Å². The van der Waals surface area contributed by atoms with E-state index in [2.05, 4.69) is 16.2 Å². The molecule has 0 saturated heterocycles. The van der Waals surface area contributed by atoms with Gasteiger partial charge in [0.15, 0.2) is 5.96 Å². The number of nitrogens with zero attached hydrogens (tertiary/aromatic N) is 1. The molecule has 0 saturated carbocycles. The van der Waals surface area contributed by atoms with E-state index in [4.69, 9.17) is 12.2 Å². The van der Waals surface area contributed by atoms with Gasteiger partial charge in [-0.05, 0) is 27.7 Å². The predicted octanol–water partition coefficient (Wildman–Crippen LogP) is 1.10. The highest BCUT2D eigenvalue weighted by molar-refractivity contribution is 5.78. The molecule has 0 bridgehead atoms. The van der Waals surface area contributed by atoms with Crippen molar-refractivity contribution in [3.8, 4) is 12.3 Å². The van der Waals surface area contributed by atoms with E-state index in [0.717, 1.165) is 0 Å². The first-order valence-corrected chi connectivity index (χ1v) is 4.40. The van der Waals surface area contributed by atoms with E-state index >= 15 is 0 Å². The van der Waals surface area contributed by atoms with E-state index in [1.807, 2.05) is 27.7 Å². The average molecular weight is 181 g/mol. The molecule has 74 valence electrons. The molecule has 1 unspecified atom stereocenters. The fourth-order valence-corrected chi connectivity index (χ4v) is 0.870. The van der Waals surface area contributed by atoms with Gasteiger partial charge in [-0.3, -0.25) is 0 Å². The quantitative estimate of drug-likeness (QED) is 0.381. The van der Waals surface area contributed by atoms with Gasteiger partial charge in [0.05, 0.1) is 6.04 Å². The Morgan fingerprint density at radius 2 is 2.15 bits per heavy atom. The third kappa shape index (κ3) is 7.20. The van der Waals surface area contributed by atoms with Crippen molar-refractivity contribution in [3.63, 3.8) is 0 Å². The fourth-order valence-electron chi connectivity index (χ4n) is 0.870. The van der Waals surface area contributed by atoms with Crippen molar-refractivity contribution in [2.75, 3.05) is 0 Å². The molecule has 3 nitrogen and oxygen atoms in total. The first-order valence-electron chi connectivity index (χ1n) is 4.40. The lowest BCUT2D eigenvalue weighted by molar-refractivity contribution is 0.506. The zero-order chi connectivity index (χ0) is 10.5. The molecule has 0 amide bonds. The summed E-state index contributed by atoms with van der Waals surface area (Å²) in [6.45, 7) is 8.03. The Hall–Kier alpha value is -1.17. The zero-order valence-corrected chi connectivity index (χ0v) is 8.89. The number of terminal acetylenes is 1. The molecule has 0 fully saturated rings. The Bertz CT molecular complexity index is 217. The zero-order valence-electron chi connectivity index (χ0n) is 8.89. The number of hydrogen-bond acceptors (Lipinski definition) is 1. The van der Waals surface area contributed by atoms with Crippen LogP contribution in [-0.2, 0) is 0 Å². The molecular formula is C10H19N3. The summed E-state index contributed by atoms with van der Waals surface area (Å²) in [5.74, 6) is 3.00. The van der Waals surface area contributed by atoms with Crippen molar-refractivity contribution >= 4 is 5.96 Å². The first-order chi connectivity index (χ1) is 5.85. The van der Waals surface area contributed by atoms with E-state index < -0.39 is 0 Å². The van der Waals surface area contributed by atoms with Crippen molar-refractivity contribution in [1.29, 1.82) is 0 Å². The number of nitrogens with one attached hydrogen (secondary N) is 1. The number of hydrogen-bond donors (Lipinski definition) is 2. The van der Waals surface area contributed by atoms with Gasteiger partial charge < -0.3 is 11.1 Å². The van der Waals surface area contributed by atoms with Crippen molar-refractivity contribution < 1.29 is 0 Å². The molecular weight excluding hydrogens is 162 g/mol. The van der Waals surface area contributed by atoms with Crippen molar-refractivity contribution in [1.82, 2.24) is 5.32 Å². The lowest BCUT2D eigenvalue weighted by Gasteiger charge is -2.21. The average Bonchev–Trinajstić information content (AvgIpc) is 1.81. The van der Waals surface area contributed by atoms with Gasteiger partial charge in [-0.15, -0.1) is 12.3 Å². The number of rotatable bonds is 2. The third-order valence-electron chi connectivity index (χ3n) is 1.28. The van der Waals surface area contributed by atoms with Crippen LogP contribution in [0.3, 0.4) is 0 Å². The second-order valence-corrected chi connectivity index (χ2v) is 4.15. The Balaban J connectivity index is 4.11. The second-order valence-electron chi connectivity index (χ2n) is 4.15. The number of guanidine groups is 1. The highest BCUT2D eigenvalue weighted by atomic mass is 15.1. The first kappa shape index (κ1) is 11.8. The Kier molecular flexibility index (Phi) is 4.33. The van der Waals surface area contributed by atoms with E-state index in [-0.39, 0.29) is 11.6 Å². The van der Waals surface area contributed by atoms with Crippen LogP contribution in [0.4, 0.5) is 0 Å². The molecule has 0 spiro atoms. The van der Waals surface area contributed by atoms with Crippen LogP contribution in [0.15, 0.2) is 4.99 Å². The van der Waals surface area contributed by atoms with Gasteiger partial charge in [0.25, 0.3) is 0 Å². The van der Waals surface area contributed by atoms with Crippen LogP contribution >= 0.6 is 0 Å². The molecule has 1 atom stereocenters. The largest absolute Gasteiger partial charge is 0.370 e. The van der Waals surface area contributed by atoms with Crippen LogP contribution in [0.1, 0.15) is 34.1 Å². The van der Waals surface area contributed by atoms with Gasteiger partial charge in [0.2, 0.25) is 0 Å². The third-order valence-corrected chi connectivity index (χ3v) is 1.28. The molecule has 3 N–H and O–H groups in total.